The van der Waals surface area contributed by atoms with Crippen molar-refractivity contribution in [1.82, 2.24) is 5.32 Å². The van der Waals surface area contributed by atoms with E-state index in [0.717, 1.165) is 11.3 Å². The van der Waals surface area contributed by atoms with Crippen molar-refractivity contribution in [3.8, 4) is 0 Å². The number of hydrogen-bond acceptors (Lipinski definition) is 4. The van der Waals surface area contributed by atoms with Gasteiger partial charge in [0.05, 0.1) is 18.2 Å². The van der Waals surface area contributed by atoms with Crippen LogP contribution in [0.25, 0.3) is 0 Å². The first-order valence-electron chi connectivity index (χ1n) is 6.52. The van der Waals surface area contributed by atoms with Crippen LogP contribution in [-0.4, -0.2) is 40.4 Å². The standard InChI is InChI=1S/C14H18N2O3/c1-14(7-17)12-9(6-11(16-14)13(18)19)8-4-2-3-5-10(8)15-12/h2-5,9,11-12,15-17H,6-7H2,1H3,(H,18,19)/t9?,11-,12?,14-/m0/s1. The maximum atomic E-state index is 11.3. The first kappa shape index (κ1) is 12.4. The topological polar surface area (TPSA) is 81.6 Å². The van der Waals surface area contributed by atoms with Gasteiger partial charge in [0.25, 0.3) is 0 Å². The Balaban J connectivity index is 2.01. The number of aliphatic hydroxyl groups is 1. The average Bonchev–Trinajstić information content (AvgIpc) is 2.78. The molecule has 1 aromatic carbocycles. The van der Waals surface area contributed by atoms with Gasteiger partial charge in [-0.25, -0.2) is 0 Å². The van der Waals surface area contributed by atoms with Crippen LogP contribution in [0, 0.1) is 0 Å². The fourth-order valence-electron chi connectivity index (χ4n) is 3.37. The summed E-state index contributed by atoms with van der Waals surface area (Å²) in [5, 5.41) is 25.4. The molecule has 0 radical (unpaired) electrons. The van der Waals surface area contributed by atoms with Crippen molar-refractivity contribution in [3.05, 3.63) is 29.8 Å². The molecule has 4 atom stereocenters. The zero-order valence-electron chi connectivity index (χ0n) is 10.8. The maximum Gasteiger partial charge on any atom is 0.320 e. The lowest BCUT2D eigenvalue weighted by Gasteiger charge is -2.45. The van der Waals surface area contributed by atoms with Crippen molar-refractivity contribution < 1.29 is 15.0 Å². The van der Waals surface area contributed by atoms with Crippen LogP contribution in [0.2, 0.25) is 0 Å². The molecule has 0 amide bonds. The van der Waals surface area contributed by atoms with E-state index in [0.29, 0.717) is 6.42 Å². The number of carboxylic acids is 1. The van der Waals surface area contributed by atoms with E-state index in [9.17, 15) is 15.0 Å². The monoisotopic (exact) mass is 262 g/mol. The Morgan fingerprint density at radius 1 is 1.47 bits per heavy atom. The normalized spacial score (nSPS) is 36.2. The number of rotatable bonds is 2. The second-order valence-corrected chi connectivity index (χ2v) is 5.66. The van der Waals surface area contributed by atoms with E-state index in [4.69, 9.17) is 0 Å². The van der Waals surface area contributed by atoms with Crippen LogP contribution in [0.1, 0.15) is 24.8 Å². The van der Waals surface area contributed by atoms with Crippen LogP contribution in [0.4, 0.5) is 5.69 Å². The van der Waals surface area contributed by atoms with Crippen LogP contribution in [0.5, 0.6) is 0 Å². The molecule has 1 aromatic rings. The van der Waals surface area contributed by atoms with E-state index < -0.39 is 17.6 Å². The van der Waals surface area contributed by atoms with Crippen molar-refractivity contribution in [1.29, 1.82) is 0 Å². The molecule has 2 aliphatic rings. The molecule has 2 heterocycles. The van der Waals surface area contributed by atoms with Crippen LogP contribution in [-0.2, 0) is 4.79 Å². The molecule has 0 spiro atoms. The van der Waals surface area contributed by atoms with Crippen molar-refractivity contribution in [3.63, 3.8) is 0 Å². The highest BCUT2D eigenvalue weighted by Gasteiger charge is 2.50. The van der Waals surface area contributed by atoms with E-state index in [-0.39, 0.29) is 18.6 Å². The number of aliphatic carboxylic acids is 1. The molecule has 2 aliphatic heterocycles. The molecular formula is C14H18N2O3. The summed E-state index contributed by atoms with van der Waals surface area (Å²) >= 11 is 0. The van der Waals surface area contributed by atoms with Crippen LogP contribution in [0.3, 0.4) is 0 Å². The zero-order valence-corrected chi connectivity index (χ0v) is 10.8. The summed E-state index contributed by atoms with van der Waals surface area (Å²) in [5.41, 5.74) is 1.57. The lowest BCUT2D eigenvalue weighted by atomic mass is 9.75. The first-order valence-corrected chi connectivity index (χ1v) is 6.52. The quantitative estimate of drug-likeness (QED) is 0.632. The third-order valence-corrected chi connectivity index (χ3v) is 4.38. The summed E-state index contributed by atoms with van der Waals surface area (Å²) in [5.74, 6) is -0.738. The highest BCUT2D eigenvalue weighted by Crippen LogP contribution is 2.45. The van der Waals surface area contributed by atoms with Crippen molar-refractivity contribution in [2.24, 2.45) is 0 Å². The SMILES string of the molecule is C[C@@]1(CO)N[C@H](C(=O)O)CC2c3ccccc3NC21. The number of carbonyl (C=O) groups is 1. The fraction of sp³-hybridized carbons (Fsp3) is 0.500. The molecule has 19 heavy (non-hydrogen) atoms. The molecule has 3 rings (SSSR count). The van der Waals surface area contributed by atoms with Gasteiger partial charge >= 0.3 is 5.97 Å². The van der Waals surface area contributed by atoms with E-state index in [1.807, 2.05) is 31.2 Å². The van der Waals surface area contributed by atoms with Gasteiger partial charge in [-0.05, 0) is 25.0 Å². The third kappa shape index (κ3) is 1.81. The number of fused-ring (bicyclic) bond motifs is 3. The molecule has 0 aliphatic carbocycles. The van der Waals surface area contributed by atoms with E-state index >= 15 is 0 Å². The van der Waals surface area contributed by atoms with Crippen LogP contribution < -0.4 is 10.6 Å². The van der Waals surface area contributed by atoms with E-state index in [2.05, 4.69) is 10.6 Å². The predicted molar refractivity (Wildman–Crippen MR) is 71.3 cm³/mol. The minimum absolute atomic E-state index is 0.0190. The summed E-state index contributed by atoms with van der Waals surface area (Å²) in [6, 6.07) is 7.37. The summed E-state index contributed by atoms with van der Waals surface area (Å²) in [6.45, 7) is 1.78. The Bertz CT molecular complexity index is 519. The van der Waals surface area contributed by atoms with Gasteiger partial charge in [-0.15, -0.1) is 0 Å². The molecule has 2 unspecified atom stereocenters. The smallest absolute Gasteiger partial charge is 0.320 e. The molecule has 1 fully saturated rings. The number of anilines is 1. The Morgan fingerprint density at radius 3 is 2.89 bits per heavy atom. The van der Waals surface area contributed by atoms with E-state index in [1.165, 1.54) is 0 Å². The number of carboxylic acid groups (broad SMARTS) is 1. The second-order valence-electron chi connectivity index (χ2n) is 5.66. The molecule has 0 aromatic heterocycles. The lowest BCUT2D eigenvalue weighted by Crippen LogP contribution is -2.66. The van der Waals surface area contributed by atoms with Crippen molar-refractivity contribution >= 4 is 11.7 Å². The minimum atomic E-state index is -0.859. The van der Waals surface area contributed by atoms with Gasteiger partial charge in [0.1, 0.15) is 6.04 Å². The summed E-state index contributed by atoms with van der Waals surface area (Å²) in [4.78, 5) is 11.3. The summed E-state index contributed by atoms with van der Waals surface area (Å²) in [6.07, 6.45) is 0.541. The Morgan fingerprint density at radius 2 is 2.21 bits per heavy atom. The first-order chi connectivity index (χ1) is 9.05. The number of piperidine rings is 1. The van der Waals surface area contributed by atoms with Crippen molar-refractivity contribution in [2.75, 3.05) is 11.9 Å². The lowest BCUT2D eigenvalue weighted by molar-refractivity contribution is -0.141. The third-order valence-electron chi connectivity index (χ3n) is 4.38. The molecule has 1 saturated heterocycles. The van der Waals surface area contributed by atoms with Crippen LogP contribution in [0.15, 0.2) is 24.3 Å². The number of benzene rings is 1. The van der Waals surface area contributed by atoms with Gasteiger partial charge in [0.15, 0.2) is 0 Å². The molecule has 102 valence electrons. The van der Waals surface area contributed by atoms with Gasteiger partial charge in [0, 0.05) is 11.6 Å². The largest absolute Gasteiger partial charge is 0.480 e. The maximum absolute atomic E-state index is 11.3. The zero-order chi connectivity index (χ0) is 13.6. The number of hydrogen-bond donors (Lipinski definition) is 4. The minimum Gasteiger partial charge on any atom is -0.480 e. The molecule has 0 bridgehead atoms. The van der Waals surface area contributed by atoms with Gasteiger partial charge in [0.2, 0.25) is 0 Å². The van der Waals surface area contributed by atoms with Crippen LogP contribution >= 0.6 is 0 Å². The molecular weight excluding hydrogens is 244 g/mol. The average molecular weight is 262 g/mol. The van der Waals surface area contributed by atoms with Crippen molar-refractivity contribution in [2.45, 2.75) is 36.9 Å². The summed E-state index contributed by atoms with van der Waals surface area (Å²) in [7, 11) is 0. The Kier molecular flexibility index (Phi) is 2.76. The highest BCUT2D eigenvalue weighted by atomic mass is 16.4. The molecule has 5 heteroatoms. The number of aliphatic hydroxyl groups excluding tert-OH is 1. The van der Waals surface area contributed by atoms with Gasteiger partial charge in [-0.2, -0.15) is 0 Å². The predicted octanol–water partition coefficient (Wildman–Crippen LogP) is 0.762. The van der Waals surface area contributed by atoms with E-state index in [1.54, 1.807) is 0 Å². The van der Waals surface area contributed by atoms with Gasteiger partial charge in [-0.1, -0.05) is 18.2 Å². The van der Waals surface area contributed by atoms with Gasteiger partial charge < -0.3 is 15.5 Å². The Hall–Kier alpha value is -1.59. The number of para-hydroxylation sites is 1. The Labute approximate surface area is 111 Å². The fourth-order valence-corrected chi connectivity index (χ4v) is 3.37. The molecule has 0 saturated carbocycles. The highest BCUT2D eigenvalue weighted by molar-refractivity contribution is 5.75. The van der Waals surface area contributed by atoms with Gasteiger partial charge in [-0.3, -0.25) is 10.1 Å². The summed E-state index contributed by atoms with van der Waals surface area (Å²) < 4.78 is 0. The number of nitrogens with one attached hydrogen (secondary N) is 2. The molecule has 4 N–H and O–H groups in total. The molecule has 5 nitrogen and oxygen atoms in total. The second kappa shape index (κ2) is 4.21.